The predicted octanol–water partition coefficient (Wildman–Crippen LogP) is 5.61. The third-order valence-electron chi connectivity index (χ3n) is 3.92. The van der Waals surface area contributed by atoms with Crippen molar-refractivity contribution in [2.24, 2.45) is 0 Å². The summed E-state index contributed by atoms with van der Waals surface area (Å²) < 4.78 is 77.6. The van der Waals surface area contributed by atoms with E-state index in [-0.39, 0.29) is 18.1 Å². The highest BCUT2D eigenvalue weighted by Crippen LogP contribution is 2.36. The summed E-state index contributed by atoms with van der Waals surface area (Å²) in [5.74, 6) is 0. The van der Waals surface area contributed by atoms with Gasteiger partial charge in [0.15, 0.2) is 6.29 Å². The van der Waals surface area contributed by atoms with Gasteiger partial charge in [0.2, 0.25) is 0 Å². The first-order valence-electron chi connectivity index (χ1n) is 7.42. The summed E-state index contributed by atoms with van der Waals surface area (Å²) in [6, 6.07) is 7.89. The van der Waals surface area contributed by atoms with E-state index in [1.807, 2.05) is 0 Å². The number of benzene rings is 2. The lowest BCUT2D eigenvalue weighted by molar-refractivity contribution is -0.143. The summed E-state index contributed by atoms with van der Waals surface area (Å²) in [7, 11) is 0. The van der Waals surface area contributed by atoms with Crippen molar-refractivity contribution >= 4 is 17.2 Å². The maximum Gasteiger partial charge on any atom is 0.416 e. The molecule has 0 radical (unpaired) electrons. The summed E-state index contributed by atoms with van der Waals surface area (Å²) in [6.07, 6.45) is -9.31. The maximum atomic E-state index is 12.9. The second kappa shape index (κ2) is 6.19. The molecule has 1 N–H and O–H groups in total. The lowest BCUT2D eigenvalue weighted by Crippen LogP contribution is -2.12. The number of aromatic nitrogens is 1. The second-order valence-electron chi connectivity index (χ2n) is 5.81. The van der Waals surface area contributed by atoms with Crippen LogP contribution < -0.4 is 0 Å². The van der Waals surface area contributed by atoms with Gasteiger partial charge in [0.05, 0.1) is 11.1 Å². The molecule has 136 valence electrons. The van der Waals surface area contributed by atoms with Gasteiger partial charge in [-0.15, -0.1) is 0 Å². The SMILES string of the molecule is O=Cc1cccc2[nH]c(Cc3cc(C(F)(F)F)cc(C(F)(F)F)c3)cc12. The molecule has 0 aliphatic rings. The number of alkyl halides is 6. The van der Waals surface area contributed by atoms with Crippen molar-refractivity contribution in [2.45, 2.75) is 18.8 Å². The topological polar surface area (TPSA) is 32.9 Å². The number of carbonyl (C=O) groups excluding carboxylic acids is 1. The molecule has 0 bridgehead atoms. The Morgan fingerprint density at radius 2 is 1.50 bits per heavy atom. The van der Waals surface area contributed by atoms with Gasteiger partial charge in [-0.25, -0.2) is 0 Å². The average Bonchev–Trinajstić information content (AvgIpc) is 2.95. The fraction of sp³-hybridized carbons (Fsp3) is 0.167. The molecule has 1 heterocycles. The Hall–Kier alpha value is -2.77. The summed E-state index contributed by atoms with van der Waals surface area (Å²) in [5, 5.41) is 0.556. The molecule has 8 heteroatoms. The van der Waals surface area contributed by atoms with Crippen LogP contribution in [0, 0.1) is 0 Å². The highest BCUT2D eigenvalue weighted by Gasteiger charge is 2.36. The van der Waals surface area contributed by atoms with Gasteiger partial charge < -0.3 is 4.98 Å². The van der Waals surface area contributed by atoms with E-state index >= 15 is 0 Å². The third kappa shape index (κ3) is 3.58. The number of hydrogen-bond acceptors (Lipinski definition) is 1. The van der Waals surface area contributed by atoms with Crippen LogP contribution in [0.15, 0.2) is 42.5 Å². The van der Waals surface area contributed by atoms with Gasteiger partial charge in [0.25, 0.3) is 0 Å². The molecule has 0 atom stereocenters. The zero-order valence-corrected chi connectivity index (χ0v) is 13.0. The van der Waals surface area contributed by atoms with E-state index in [0.717, 1.165) is 0 Å². The Morgan fingerprint density at radius 3 is 2.04 bits per heavy atom. The molecular formula is C18H11F6NO. The third-order valence-corrected chi connectivity index (χ3v) is 3.92. The molecule has 0 unspecified atom stereocenters. The molecule has 3 aromatic rings. The Labute approximate surface area is 143 Å². The largest absolute Gasteiger partial charge is 0.416 e. The smallest absolute Gasteiger partial charge is 0.358 e. The number of hydrogen-bond donors (Lipinski definition) is 1. The molecule has 0 fully saturated rings. The van der Waals surface area contributed by atoms with Crippen molar-refractivity contribution in [3.8, 4) is 0 Å². The van der Waals surface area contributed by atoms with Crippen molar-refractivity contribution in [3.05, 3.63) is 70.4 Å². The first kappa shape index (κ1) is 18.0. The number of carbonyl (C=O) groups is 1. The number of fused-ring (bicyclic) bond motifs is 1. The molecule has 2 nitrogen and oxygen atoms in total. The lowest BCUT2D eigenvalue weighted by Gasteiger charge is -2.14. The Kier molecular flexibility index (Phi) is 4.29. The first-order valence-corrected chi connectivity index (χ1v) is 7.42. The molecule has 2 aromatic carbocycles. The van der Waals surface area contributed by atoms with Gasteiger partial charge in [-0.2, -0.15) is 26.3 Å². The van der Waals surface area contributed by atoms with E-state index in [1.165, 1.54) is 0 Å². The molecule has 3 rings (SSSR count). The minimum Gasteiger partial charge on any atom is -0.358 e. The van der Waals surface area contributed by atoms with E-state index in [2.05, 4.69) is 4.98 Å². The molecule has 0 spiro atoms. The Bertz CT molecular complexity index is 936. The fourth-order valence-corrected chi connectivity index (χ4v) is 2.78. The number of nitrogens with one attached hydrogen (secondary N) is 1. The molecule has 0 aliphatic heterocycles. The minimum absolute atomic E-state index is 0.0964. The van der Waals surface area contributed by atoms with Gasteiger partial charge >= 0.3 is 12.4 Å². The molecule has 0 aliphatic carbocycles. The highest BCUT2D eigenvalue weighted by atomic mass is 19.4. The van der Waals surface area contributed by atoms with E-state index in [1.54, 1.807) is 24.3 Å². The summed E-state index contributed by atoms with van der Waals surface area (Å²) in [5.41, 5.74) is -1.48. The molecular weight excluding hydrogens is 360 g/mol. The molecule has 26 heavy (non-hydrogen) atoms. The lowest BCUT2D eigenvalue weighted by atomic mass is 10.0. The minimum atomic E-state index is -4.89. The number of aromatic amines is 1. The van der Waals surface area contributed by atoms with E-state index in [9.17, 15) is 31.1 Å². The van der Waals surface area contributed by atoms with Crippen LogP contribution in [0.1, 0.15) is 32.7 Å². The van der Waals surface area contributed by atoms with Crippen molar-refractivity contribution in [1.29, 1.82) is 0 Å². The summed E-state index contributed by atoms with van der Waals surface area (Å²) in [4.78, 5) is 13.9. The van der Waals surface area contributed by atoms with Crippen molar-refractivity contribution in [2.75, 3.05) is 0 Å². The maximum absolute atomic E-state index is 12.9. The van der Waals surface area contributed by atoms with Crippen LogP contribution in [0.5, 0.6) is 0 Å². The zero-order chi connectivity index (χ0) is 19.1. The predicted molar refractivity (Wildman–Crippen MR) is 82.9 cm³/mol. The molecule has 0 saturated heterocycles. The van der Waals surface area contributed by atoms with Crippen LogP contribution in [0.3, 0.4) is 0 Å². The molecule has 0 saturated carbocycles. The Morgan fingerprint density at radius 1 is 0.885 bits per heavy atom. The number of halogens is 6. The van der Waals surface area contributed by atoms with E-state index in [4.69, 9.17) is 0 Å². The van der Waals surface area contributed by atoms with Crippen LogP contribution in [0.2, 0.25) is 0 Å². The molecule has 0 amide bonds. The van der Waals surface area contributed by atoms with Crippen molar-refractivity contribution in [3.63, 3.8) is 0 Å². The standard InChI is InChI=1S/C18H11F6NO/c19-17(20,21)12-4-10(5-13(7-12)18(22,23)24)6-14-8-15-11(9-26)2-1-3-16(15)25-14/h1-5,7-9,25H,6H2. The average molecular weight is 371 g/mol. The fourth-order valence-electron chi connectivity index (χ4n) is 2.78. The van der Waals surface area contributed by atoms with Crippen LogP contribution in [-0.2, 0) is 18.8 Å². The molecule has 1 aromatic heterocycles. The quantitative estimate of drug-likeness (QED) is 0.471. The van der Waals surface area contributed by atoms with Gasteiger partial charge in [0.1, 0.15) is 0 Å². The van der Waals surface area contributed by atoms with Crippen molar-refractivity contribution in [1.82, 2.24) is 4.98 Å². The summed E-state index contributed by atoms with van der Waals surface area (Å²) >= 11 is 0. The van der Waals surface area contributed by atoms with Crippen molar-refractivity contribution < 1.29 is 31.1 Å². The van der Waals surface area contributed by atoms with Gasteiger partial charge in [0, 0.05) is 28.6 Å². The Balaban J connectivity index is 2.05. The van der Waals surface area contributed by atoms with Crippen LogP contribution in [0.25, 0.3) is 10.9 Å². The number of H-pyrrole nitrogens is 1. The summed E-state index contributed by atoms with van der Waals surface area (Å²) in [6.45, 7) is 0. The van der Waals surface area contributed by atoms with E-state index in [0.29, 0.717) is 40.6 Å². The van der Waals surface area contributed by atoms with E-state index < -0.39 is 23.5 Å². The second-order valence-corrected chi connectivity index (χ2v) is 5.81. The van der Waals surface area contributed by atoms with Crippen LogP contribution >= 0.6 is 0 Å². The van der Waals surface area contributed by atoms with Gasteiger partial charge in [-0.1, -0.05) is 12.1 Å². The number of aldehydes is 1. The van der Waals surface area contributed by atoms with Crippen LogP contribution in [0.4, 0.5) is 26.3 Å². The zero-order valence-electron chi connectivity index (χ0n) is 13.0. The normalized spacial score (nSPS) is 12.5. The highest BCUT2D eigenvalue weighted by molar-refractivity contribution is 5.97. The van der Waals surface area contributed by atoms with Gasteiger partial charge in [-0.05, 0) is 35.9 Å². The number of rotatable bonds is 3. The first-order chi connectivity index (χ1) is 12.1. The van der Waals surface area contributed by atoms with Crippen LogP contribution in [-0.4, -0.2) is 11.3 Å². The monoisotopic (exact) mass is 371 g/mol. The van der Waals surface area contributed by atoms with Gasteiger partial charge in [-0.3, -0.25) is 4.79 Å².